The molecule has 2 heterocycles. The summed E-state index contributed by atoms with van der Waals surface area (Å²) in [5.41, 5.74) is 2.31. The average Bonchev–Trinajstić information content (AvgIpc) is 3.11. The van der Waals surface area contributed by atoms with Crippen molar-refractivity contribution in [1.29, 1.82) is 0 Å². The number of benzene rings is 2. The molecule has 0 spiro atoms. The predicted molar refractivity (Wildman–Crippen MR) is 151 cm³/mol. The van der Waals surface area contributed by atoms with Gasteiger partial charge in [0, 0.05) is 11.6 Å². The van der Waals surface area contributed by atoms with Gasteiger partial charge in [-0.1, -0.05) is 36.4 Å². The molecule has 4 rings (SSSR count). The van der Waals surface area contributed by atoms with Crippen LogP contribution < -0.4 is 21.0 Å². The van der Waals surface area contributed by atoms with Gasteiger partial charge in [0.1, 0.15) is 29.8 Å². The second-order valence-electron chi connectivity index (χ2n) is 9.86. The Morgan fingerprint density at radius 1 is 1.27 bits per heavy atom. The van der Waals surface area contributed by atoms with Crippen molar-refractivity contribution in [2.24, 2.45) is 0 Å². The van der Waals surface area contributed by atoms with Crippen LogP contribution in [-0.2, 0) is 30.6 Å². The number of alkyl halides is 1. The maximum Gasteiger partial charge on any atom is 0.351 e. The molecule has 1 saturated heterocycles. The number of fused-ring (bicyclic) bond motifs is 1. The number of esters is 1. The maximum atomic E-state index is 15.7. The number of carbonyl (C=O) groups excluding carboxylic acids is 1. The van der Waals surface area contributed by atoms with Crippen molar-refractivity contribution in [2.75, 3.05) is 12.3 Å². The lowest BCUT2D eigenvalue weighted by Gasteiger charge is -2.28. The van der Waals surface area contributed by atoms with E-state index in [1.807, 2.05) is 30.3 Å². The van der Waals surface area contributed by atoms with Gasteiger partial charge in [0.2, 0.25) is 0 Å². The fraction of sp³-hybridized carbons (Fsp3) is 0.423. The van der Waals surface area contributed by atoms with Crippen molar-refractivity contribution < 1.29 is 32.8 Å². The number of aliphatic hydroxyl groups excluding tert-OH is 1. The Labute approximate surface area is 235 Å². The van der Waals surface area contributed by atoms with Crippen LogP contribution in [-0.4, -0.2) is 57.3 Å². The van der Waals surface area contributed by atoms with E-state index in [4.69, 9.17) is 36.1 Å². The summed E-state index contributed by atoms with van der Waals surface area (Å²) in [7, 11) is 0. The number of halogens is 1. The van der Waals surface area contributed by atoms with Crippen molar-refractivity contribution in [3.63, 3.8) is 0 Å². The van der Waals surface area contributed by atoms with Gasteiger partial charge in [-0.25, -0.2) is 14.3 Å². The molecule has 40 heavy (non-hydrogen) atoms. The molecule has 6 atom stereocenters. The SMILES string of the molecule is CC(C)OC(=O)C(C)NP(=S)(OCC1OC(n2ccc(N)nc2=O)C(C)(F)C1O)Oc1cccc2ccccc12. The van der Waals surface area contributed by atoms with Gasteiger partial charge in [-0.05, 0) is 57.0 Å². The minimum absolute atomic E-state index is 0.0392. The molecule has 11 nitrogen and oxygen atoms in total. The summed E-state index contributed by atoms with van der Waals surface area (Å²) in [6.07, 6.45) is -3.59. The monoisotopic (exact) mass is 594 g/mol. The smallest absolute Gasteiger partial charge is 0.351 e. The third kappa shape index (κ3) is 6.51. The van der Waals surface area contributed by atoms with E-state index in [2.05, 4.69) is 10.1 Å². The van der Waals surface area contributed by atoms with Crippen LogP contribution in [0.4, 0.5) is 10.2 Å². The van der Waals surface area contributed by atoms with E-state index in [-0.39, 0.29) is 11.9 Å². The van der Waals surface area contributed by atoms with Crippen molar-refractivity contribution in [1.82, 2.24) is 14.6 Å². The molecule has 1 aromatic heterocycles. The highest BCUT2D eigenvalue weighted by molar-refractivity contribution is 8.09. The summed E-state index contributed by atoms with van der Waals surface area (Å²) in [4.78, 5) is 28.5. The Morgan fingerprint density at radius 3 is 2.67 bits per heavy atom. The number of nitrogens with zero attached hydrogens (tertiary/aromatic N) is 2. The summed E-state index contributed by atoms with van der Waals surface area (Å²) in [6.45, 7) is 2.12. The van der Waals surface area contributed by atoms with Crippen molar-refractivity contribution in [3.05, 3.63) is 65.2 Å². The minimum Gasteiger partial charge on any atom is -0.462 e. The van der Waals surface area contributed by atoms with Gasteiger partial charge in [0.15, 0.2) is 11.9 Å². The van der Waals surface area contributed by atoms with Gasteiger partial charge in [-0.3, -0.25) is 9.36 Å². The quantitative estimate of drug-likeness (QED) is 0.235. The van der Waals surface area contributed by atoms with Gasteiger partial charge in [-0.2, -0.15) is 4.98 Å². The number of ether oxygens (including phenoxy) is 2. The van der Waals surface area contributed by atoms with Gasteiger partial charge >= 0.3 is 18.3 Å². The summed E-state index contributed by atoms with van der Waals surface area (Å²) in [5.74, 6) is -0.209. The molecule has 14 heteroatoms. The summed E-state index contributed by atoms with van der Waals surface area (Å²) < 4.78 is 39.8. The molecule has 0 bridgehead atoms. The highest BCUT2D eigenvalue weighted by atomic mass is 32.5. The van der Waals surface area contributed by atoms with E-state index in [0.29, 0.717) is 5.75 Å². The molecule has 0 amide bonds. The molecule has 4 N–H and O–H groups in total. The number of nitrogens with one attached hydrogen (secondary N) is 1. The Morgan fingerprint density at radius 2 is 1.98 bits per heavy atom. The standard InChI is InChI=1S/C26H32FN4O7PS/c1-15(2)36-23(33)16(3)30-39(40,38-19-11-7-9-17-8-5-6-10-18(17)19)35-14-20-22(32)26(4,27)24(37-20)31-13-12-21(28)29-25(31)34/h5-13,15-16,20,22,24,32H,14H2,1-4H3,(H,30,40)(H2,28,29,34). The van der Waals surface area contributed by atoms with Crippen LogP contribution in [0.5, 0.6) is 5.75 Å². The first-order chi connectivity index (χ1) is 18.8. The first-order valence-corrected chi connectivity index (χ1v) is 15.2. The molecule has 216 valence electrons. The van der Waals surface area contributed by atoms with Crippen LogP contribution in [0.2, 0.25) is 0 Å². The fourth-order valence-electron chi connectivity index (χ4n) is 4.25. The Hall–Kier alpha value is -2.93. The molecule has 0 saturated carbocycles. The molecular formula is C26H32FN4O7PS. The normalized spacial score (nSPS) is 25.0. The number of nitrogen functional groups attached to an aromatic ring is 1. The predicted octanol–water partition coefficient (Wildman–Crippen LogP) is 3.22. The van der Waals surface area contributed by atoms with Crippen LogP contribution in [0, 0.1) is 0 Å². The van der Waals surface area contributed by atoms with Crippen LogP contribution in [0.15, 0.2) is 59.5 Å². The van der Waals surface area contributed by atoms with Crippen LogP contribution in [0.25, 0.3) is 10.8 Å². The molecule has 0 radical (unpaired) electrons. The Kier molecular flexibility index (Phi) is 8.93. The van der Waals surface area contributed by atoms with Crippen LogP contribution in [0.3, 0.4) is 0 Å². The number of anilines is 1. The molecule has 1 aliphatic heterocycles. The van der Waals surface area contributed by atoms with E-state index < -0.39 is 55.1 Å². The largest absolute Gasteiger partial charge is 0.462 e. The van der Waals surface area contributed by atoms with E-state index in [1.165, 1.54) is 12.3 Å². The first kappa shape index (κ1) is 30.0. The molecule has 3 aromatic rings. The second kappa shape index (κ2) is 11.9. The van der Waals surface area contributed by atoms with Gasteiger partial charge in [0.05, 0.1) is 12.7 Å². The number of aliphatic hydroxyl groups is 1. The third-order valence-electron chi connectivity index (χ3n) is 6.26. The molecule has 0 aliphatic carbocycles. The molecule has 1 aliphatic rings. The number of rotatable bonds is 10. The maximum absolute atomic E-state index is 15.7. The van der Waals surface area contributed by atoms with E-state index in [1.54, 1.807) is 32.9 Å². The Bertz CT molecular complexity index is 1480. The summed E-state index contributed by atoms with van der Waals surface area (Å²) in [6, 6.07) is 13.3. The zero-order chi connectivity index (χ0) is 29.2. The van der Waals surface area contributed by atoms with E-state index >= 15 is 4.39 Å². The number of aromatic nitrogens is 2. The fourth-order valence-corrected chi connectivity index (χ4v) is 6.66. The molecule has 1 fully saturated rings. The molecular weight excluding hydrogens is 562 g/mol. The van der Waals surface area contributed by atoms with Gasteiger partial charge in [-0.15, -0.1) is 0 Å². The number of carbonyl (C=O) groups is 1. The first-order valence-electron chi connectivity index (χ1n) is 12.6. The lowest BCUT2D eigenvalue weighted by atomic mass is 9.98. The number of nitrogens with two attached hydrogens (primary N) is 1. The van der Waals surface area contributed by atoms with Crippen molar-refractivity contribution in [2.45, 2.75) is 63.9 Å². The summed E-state index contributed by atoms with van der Waals surface area (Å²) in [5, 5.41) is 15.4. The number of hydrogen-bond donors (Lipinski definition) is 3. The van der Waals surface area contributed by atoms with Crippen LogP contribution in [0.1, 0.15) is 33.9 Å². The minimum atomic E-state index is -3.56. The molecule has 2 aromatic carbocycles. The lowest BCUT2D eigenvalue weighted by Crippen LogP contribution is -2.43. The number of hydrogen-bond acceptors (Lipinski definition) is 10. The third-order valence-corrected chi connectivity index (χ3v) is 8.74. The van der Waals surface area contributed by atoms with E-state index in [9.17, 15) is 14.7 Å². The zero-order valence-corrected chi connectivity index (χ0v) is 24.1. The van der Waals surface area contributed by atoms with Crippen LogP contribution >= 0.6 is 6.64 Å². The second-order valence-corrected chi connectivity index (χ2v) is 13.0. The lowest BCUT2D eigenvalue weighted by molar-refractivity contribution is -0.149. The summed E-state index contributed by atoms with van der Waals surface area (Å²) >= 11 is 5.78. The molecule has 6 unspecified atom stereocenters. The van der Waals surface area contributed by atoms with Crippen molar-refractivity contribution in [3.8, 4) is 5.75 Å². The van der Waals surface area contributed by atoms with Gasteiger partial charge in [0.25, 0.3) is 0 Å². The van der Waals surface area contributed by atoms with Gasteiger partial charge < -0.3 is 29.4 Å². The highest BCUT2D eigenvalue weighted by Crippen LogP contribution is 2.49. The average molecular weight is 595 g/mol. The highest BCUT2D eigenvalue weighted by Gasteiger charge is 2.55. The topological polar surface area (TPSA) is 147 Å². The van der Waals surface area contributed by atoms with E-state index in [0.717, 1.165) is 22.3 Å². The van der Waals surface area contributed by atoms with Crippen molar-refractivity contribution >= 4 is 41.0 Å². The Balaban J connectivity index is 1.59. The zero-order valence-electron chi connectivity index (χ0n) is 22.4.